The molecule has 1 saturated carbocycles. The predicted octanol–water partition coefficient (Wildman–Crippen LogP) is 7.23. The Morgan fingerprint density at radius 3 is 2.23 bits per heavy atom. The Morgan fingerprint density at radius 2 is 1.55 bits per heavy atom. The smallest absolute Gasteiger partial charge is 0.325 e. The molecule has 0 aromatic heterocycles. The summed E-state index contributed by atoms with van der Waals surface area (Å²) in [5, 5.41) is 9.70. The molecule has 0 bridgehead atoms. The Morgan fingerprint density at radius 1 is 0.900 bits per heavy atom. The van der Waals surface area contributed by atoms with E-state index in [1.807, 2.05) is 93.6 Å². The quantitative estimate of drug-likeness (QED) is 0.333. The van der Waals surface area contributed by atoms with E-state index in [0.717, 1.165) is 35.4 Å². The third-order valence-corrected chi connectivity index (χ3v) is 8.08. The van der Waals surface area contributed by atoms with E-state index in [9.17, 15) is 9.59 Å². The summed E-state index contributed by atoms with van der Waals surface area (Å²) in [5.74, 6) is 0.102. The van der Waals surface area contributed by atoms with Crippen molar-refractivity contribution in [1.82, 2.24) is 5.01 Å². The zero-order chi connectivity index (χ0) is 28.2. The van der Waals surface area contributed by atoms with Gasteiger partial charge in [0, 0.05) is 17.2 Å². The molecule has 3 amide bonds. The van der Waals surface area contributed by atoms with Crippen LogP contribution in [0.1, 0.15) is 70.0 Å². The highest BCUT2D eigenvalue weighted by molar-refractivity contribution is 6.14. The molecule has 3 aromatic carbocycles. The summed E-state index contributed by atoms with van der Waals surface area (Å²) in [5.41, 5.74) is 11.2. The summed E-state index contributed by atoms with van der Waals surface area (Å²) < 4.78 is 0. The van der Waals surface area contributed by atoms with E-state index in [1.54, 1.807) is 9.91 Å². The van der Waals surface area contributed by atoms with Crippen LogP contribution in [-0.4, -0.2) is 28.7 Å². The number of hydrogen-bond donors (Lipinski definition) is 2. The highest BCUT2D eigenvalue weighted by Gasteiger charge is 2.36. The van der Waals surface area contributed by atoms with Crippen molar-refractivity contribution in [2.45, 2.75) is 65.0 Å². The van der Waals surface area contributed by atoms with Gasteiger partial charge in [-0.2, -0.15) is 5.10 Å². The van der Waals surface area contributed by atoms with Crippen molar-refractivity contribution >= 4 is 34.7 Å². The molecule has 3 N–H and O–H groups in total. The normalized spacial score (nSPS) is 17.6. The van der Waals surface area contributed by atoms with Crippen LogP contribution in [0.15, 0.2) is 84.0 Å². The highest BCUT2D eigenvalue weighted by Crippen LogP contribution is 2.39. The molecule has 1 fully saturated rings. The number of para-hydroxylation sites is 1. The molecule has 3 aromatic rings. The van der Waals surface area contributed by atoms with E-state index in [-0.39, 0.29) is 23.9 Å². The number of rotatable bonds is 7. The van der Waals surface area contributed by atoms with Gasteiger partial charge in [-0.3, -0.25) is 9.69 Å². The van der Waals surface area contributed by atoms with Crippen LogP contribution in [0.3, 0.4) is 0 Å². The number of hydrogen-bond acceptors (Lipinski definition) is 4. The third-order valence-electron chi connectivity index (χ3n) is 8.08. The van der Waals surface area contributed by atoms with Gasteiger partial charge in [0.1, 0.15) is 0 Å². The summed E-state index contributed by atoms with van der Waals surface area (Å²) >= 11 is 0. The highest BCUT2D eigenvalue weighted by atomic mass is 16.2. The van der Waals surface area contributed by atoms with Crippen molar-refractivity contribution in [3.63, 3.8) is 0 Å². The molecule has 40 heavy (non-hydrogen) atoms. The minimum absolute atomic E-state index is 0.0291. The molecule has 1 heterocycles. The maximum absolute atomic E-state index is 14.4. The van der Waals surface area contributed by atoms with Gasteiger partial charge in [0.2, 0.25) is 5.91 Å². The molecule has 5 rings (SSSR count). The standard InChI is InChI=1S/C33H39N5O2/c1-22(2)30(34)32(39)35-26-18-20-27(21-19-26)37-29-17-11-10-16-28(29)31(25-14-8-5-9-15-25)36-38(33(37)40)23(3)24-12-6-4-7-13-24/h4,6-7,10-13,16-23,25,30H,5,8-9,14-15,34H2,1-3H3,(H,35,39)/t23-,30?/m0/s1. The Kier molecular flexibility index (Phi) is 8.31. The van der Waals surface area contributed by atoms with Crippen LogP contribution in [-0.2, 0) is 4.79 Å². The van der Waals surface area contributed by atoms with Crippen molar-refractivity contribution in [2.75, 3.05) is 10.2 Å². The first-order chi connectivity index (χ1) is 19.3. The predicted molar refractivity (Wildman–Crippen MR) is 162 cm³/mol. The number of carbonyl (C=O) groups excluding carboxylic acids is 2. The van der Waals surface area contributed by atoms with Gasteiger partial charge in [0.05, 0.1) is 29.2 Å². The van der Waals surface area contributed by atoms with Crippen LogP contribution in [0.4, 0.5) is 21.9 Å². The Labute approximate surface area is 237 Å². The van der Waals surface area contributed by atoms with E-state index in [0.29, 0.717) is 17.3 Å². The number of nitrogens with two attached hydrogens (primary N) is 1. The average Bonchev–Trinajstić information content (AvgIpc) is 3.11. The number of nitrogens with zero attached hydrogens (tertiary/aromatic N) is 3. The van der Waals surface area contributed by atoms with Gasteiger partial charge < -0.3 is 11.1 Å². The number of urea groups is 1. The first-order valence-electron chi connectivity index (χ1n) is 14.4. The summed E-state index contributed by atoms with van der Waals surface area (Å²) in [6.45, 7) is 5.86. The number of anilines is 3. The zero-order valence-electron chi connectivity index (χ0n) is 23.6. The average molecular weight is 538 g/mol. The SMILES string of the molecule is CC(C)C(N)C(=O)Nc1ccc(N2C(=O)N([C@@H](C)c3ccccc3)N=C(C3CCCCC3)c3ccccc32)cc1. The first-order valence-corrected chi connectivity index (χ1v) is 14.4. The van der Waals surface area contributed by atoms with E-state index in [1.165, 1.54) is 19.3 Å². The molecule has 7 heteroatoms. The molecule has 2 atom stereocenters. The second-order valence-corrected chi connectivity index (χ2v) is 11.2. The zero-order valence-corrected chi connectivity index (χ0v) is 23.6. The van der Waals surface area contributed by atoms with Crippen LogP contribution in [0.2, 0.25) is 0 Å². The van der Waals surface area contributed by atoms with E-state index >= 15 is 0 Å². The summed E-state index contributed by atoms with van der Waals surface area (Å²) in [6.07, 6.45) is 5.73. The van der Waals surface area contributed by atoms with Crippen molar-refractivity contribution < 1.29 is 9.59 Å². The van der Waals surface area contributed by atoms with Gasteiger partial charge in [0.15, 0.2) is 0 Å². The minimum Gasteiger partial charge on any atom is -0.325 e. The molecular formula is C33H39N5O2. The van der Waals surface area contributed by atoms with E-state index < -0.39 is 6.04 Å². The van der Waals surface area contributed by atoms with Gasteiger partial charge in [-0.05, 0) is 61.6 Å². The number of benzene rings is 3. The fourth-order valence-electron chi connectivity index (χ4n) is 5.58. The number of fused-ring (bicyclic) bond motifs is 1. The number of amides is 3. The second-order valence-electron chi connectivity index (χ2n) is 11.2. The number of carbonyl (C=O) groups is 2. The van der Waals surface area contributed by atoms with Crippen LogP contribution in [0.25, 0.3) is 0 Å². The minimum atomic E-state index is -0.595. The van der Waals surface area contributed by atoms with Gasteiger partial charge in [-0.1, -0.05) is 81.6 Å². The van der Waals surface area contributed by atoms with Crippen LogP contribution in [0, 0.1) is 11.8 Å². The lowest BCUT2D eigenvalue weighted by molar-refractivity contribution is -0.118. The Balaban J connectivity index is 1.56. The number of hydrazone groups is 1. The molecule has 0 spiro atoms. The van der Waals surface area contributed by atoms with Crippen molar-refractivity contribution in [3.8, 4) is 0 Å². The fraction of sp³-hybridized carbons (Fsp3) is 0.364. The van der Waals surface area contributed by atoms with Crippen LogP contribution in [0.5, 0.6) is 0 Å². The van der Waals surface area contributed by atoms with E-state index in [4.69, 9.17) is 10.8 Å². The molecule has 2 aliphatic rings. The molecule has 0 radical (unpaired) electrons. The van der Waals surface area contributed by atoms with Gasteiger partial charge in [-0.15, -0.1) is 0 Å². The molecular weight excluding hydrogens is 498 g/mol. The molecule has 1 unspecified atom stereocenters. The third kappa shape index (κ3) is 5.65. The summed E-state index contributed by atoms with van der Waals surface area (Å²) in [6, 6.07) is 24.4. The van der Waals surface area contributed by atoms with Crippen LogP contribution >= 0.6 is 0 Å². The molecule has 1 aliphatic carbocycles. The summed E-state index contributed by atoms with van der Waals surface area (Å²) in [4.78, 5) is 28.7. The summed E-state index contributed by atoms with van der Waals surface area (Å²) in [7, 11) is 0. The largest absolute Gasteiger partial charge is 0.350 e. The molecule has 208 valence electrons. The van der Waals surface area contributed by atoms with Crippen LogP contribution < -0.4 is 16.0 Å². The maximum atomic E-state index is 14.4. The topological polar surface area (TPSA) is 91.0 Å². The molecule has 7 nitrogen and oxygen atoms in total. The number of nitrogens with one attached hydrogen (secondary N) is 1. The Hall–Kier alpha value is -3.97. The monoisotopic (exact) mass is 537 g/mol. The lowest BCUT2D eigenvalue weighted by atomic mass is 9.83. The molecule has 1 aliphatic heterocycles. The lowest BCUT2D eigenvalue weighted by Gasteiger charge is -2.30. The van der Waals surface area contributed by atoms with Gasteiger partial charge in [0.25, 0.3) is 0 Å². The fourth-order valence-corrected chi connectivity index (χ4v) is 5.58. The van der Waals surface area contributed by atoms with Crippen molar-refractivity contribution in [1.29, 1.82) is 0 Å². The lowest BCUT2D eigenvalue weighted by Crippen LogP contribution is -2.39. The van der Waals surface area contributed by atoms with Gasteiger partial charge in [-0.25, -0.2) is 9.80 Å². The van der Waals surface area contributed by atoms with E-state index in [2.05, 4.69) is 11.4 Å². The first kappa shape index (κ1) is 27.6. The second kappa shape index (κ2) is 12.0. The maximum Gasteiger partial charge on any atom is 0.350 e. The van der Waals surface area contributed by atoms with Crippen molar-refractivity contribution in [2.24, 2.45) is 22.7 Å². The van der Waals surface area contributed by atoms with Crippen molar-refractivity contribution in [3.05, 3.63) is 90.0 Å². The molecule has 0 saturated heterocycles. The Bertz CT molecular complexity index is 1360. The van der Waals surface area contributed by atoms with Gasteiger partial charge >= 0.3 is 6.03 Å².